The van der Waals surface area contributed by atoms with Crippen molar-refractivity contribution < 1.29 is 10.2 Å². The van der Waals surface area contributed by atoms with E-state index in [1.54, 1.807) is 36.5 Å². The van der Waals surface area contributed by atoms with Gasteiger partial charge in [0.1, 0.15) is 17.6 Å². The molecule has 3 rings (SSSR count). The number of aliphatic hydroxyl groups is 1. The van der Waals surface area contributed by atoms with Gasteiger partial charge in [-0.2, -0.15) is 5.26 Å². The quantitative estimate of drug-likeness (QED) is 0.711. The Hall–Kier alpha value is -3.45. The number of nitriles is 1. The number of aliphatic hydroxyl groups excluding tert-OH is 1. The number of aromatic hydroxyl groups is 1. The molecular weight excluding hydrogens is 288 g/mol. The summed E-state index contributed by atoms with van der Waals surface area (Å²) >= 11 is 0. The van der Waals surface area contributed by atoms with E-state index < -0.39 is 0 Å². The molecule has 2 N–H and O–H groups in total. The third kappa shape index (κ3) is 2.81. The number of rotatable bonds is 3. The van der Waals surface area contributed by atoms with Gasteiger partial charge in [-0.25, -0.2) is 0 Å². The molecule has 0 aliphatic carbocycles. The van der Waals surface area contributed by atoms with Gasteiger partial charge < -0.3 is 14.8 Å². The lowest BCUT2D eigenvalue weighted by Crippen LogP contribution is -1.90. The molecule has 0 aliphatic heterocycles. The standard InChI is InChI=1S/C19H14N2O2/c1-13(22)14-5-7-17(8-6-14)21-11-16(10-20)19(12-21)15-3-2-4-18(23)9-15/h2-9,11-12,22-23H,1H2. The number of phenols is 1. The first-order valence-electron chi connectivity index (χ1n) is 6.98. The van der Waals surface area contributed by atoms with Gasteiger partial charge in [-0.05, 0) is 42.0 Å². The molecule has 112 valence electrons. The SMILES string of the molecule is C=C(O)c1ccc(-n2cc(C#N)c(-c3cccc(O)c3)c2)cc1. The molecule has 0 unspecified atom stereocenters. The van der Waals surface area contributed by atoms with Crippen LogP contribution in [0.25, 0.3) is 22.6 Å². The van der Waals surface area contributed by atoms with Crippen molar-refractivity contribution in [2.45, 2.75) is 0 Å². The van der Waals surface area contributed by atoms with Crippen LogP contribution in [0.4, 0.5) is 0 Å². The highest BCUT2D eigenvalue weighted by Crippen LogP contribution is 2.28. The molecule has 1 heterocycles. The van der Waals surface area contributed by atoms with Crippen LogP contribution in [-0.2, 0) is 0 Å². The smallest absolute Gasteiger partial charge is 0.116 e. The third-order valence-corrected chi connectivity index (χ3v) is 3.60. The van der Waals surface area contributed by atoms with Crippen LogP contribution in [0, 0.1) is 11.3 Å². The summed E-state index contributed by atoms with van der Waals surface area (Å²) in [6.07, 6.45) is 3.58. The molecule has 0 fully saturated rings. The summed E-state index contributed by atoms with van der Waals surface area (Å²) in [4.78, 5) is 0. The zero-order valence-corrected chi connectivity index (χ0v) is 12.3. The average molecular weight is 302 g/mol. The molecule has 0 atom stereocenters. The van der Waals surface area contributed by atoms with E-state index in [1.807, 2.05) is 29.0 Å². The normalized spacial score (nSPS) is 10.2. The minimum absolute atomic E-state index is 0.0159. The minimum Gasteiger partial charge on any atom is -0.508 e. The summed E-state index contributed by atoms with van der Waals surface area (Å²) in [6, 6.07) is 16.2. The zero-order valence-electron chi connectivity index (χ0n) is 12.3. The molecule has 23 heavy (non-hydrogen) atoms. The van der Waals surface area contributed by atoms with E-state index in [1.165, 1.54) is 0 Å². The van der Waals surface area contributed by atoms with Crippen LogP contribution in [0.1, 0.15) is 11.1 Å². The van der Waals surface area contributed by atoms with Crippen LogP contribution in [0.3, 0.4) is 0 Å². The van der Waals surface area contributed by atoms with Crippen LogP contribution in [-0.4, -0.2) is 14.8 Å². The van der Waals surface area contributed by atoms with E-state index in [9.17, 15) is 15.5 Å². The Morgan fingerprint density at radius 3 is 2.43 bits per heavy atom. The van der Waals surface area contributed by atoms with Crippen molar-refractivity contribution in [2.24, 2.45) is 0 Å². The van der Waals surface area contributed by atoms with Crippen LogP contribution in [0.5, 0.6) is 5.75 Å². The Kier molecular flexibility index (Phi) is 3.62. The average Bonchev–Trinajstić information content (AvgIpc) is 2.99. The molecule has 3 aromatic rings. The monoisotopic (exact) mass is 302 g/mol. The van der Waals surface area contributed by atoms with E-state index in [2.05, 4.69) is 12.6 Å². The summed E-state index contributed by atoms with van der Waals surface area (Å²) in [5.74, 6) is 0.173. The van der Waals surface area contributed by atoms with E-state index in [-0.39, 0.29) is 11.5 Å². The molecule has 4 heteroatoms. The molecule has 0 saturated carbocycles. The number of phenolic OH excluding ortho intramolecular Hbond substituents is 1. The largest absolute Gasteiger partial charge is 0.508 e. The fraction of sp³-hybridized carbons (Fsp3) is 0. The van der Waals surface area contributed by atoms with Crippen molar-refractivity contribution in [1.82, 2.24) is 4.57 Å². The number of aromatic nitrogens is 1. The number of benzene rings is 2. The van der Waals surface area contributed by atoms with Gasteiger partial charge in [-0.1, -0.05) is 18.7 Å². The zero-order chi connectivity index (χ0) is 16.4. The Bertz CT molecular complexity index is 915. The van der Waals surface area contributed by atoms with Gasteiger partial charge in [-0.3, -0.25) is 0 Å². The van der Waals surface area contributed by atoms with Gasteiger partial charge in [0, 0.05) is 29.2 Å². The predicted octanol–water partition coefficient (Wildman–Crippen LogP) is 4.25. The fourth-order valence-corrected chi connectivity index (χ4v) is 2.42. The summed E-state index contributed by atoms with van der Waals surface area (Å²) < 4.78 is 1.84. The second kappa shape index (κ2) is 5.74. The van der Waals surface area contributed by atoms with Crippen molar-refractivity contribution in [3.8, 4) is 28.6 Å². The maximum absolute atomic E-state index is 9.62. The van der Waals surface area contributed by atoms with Crippen molar-refractivity contribution in [1.29, 1.82) is 5.26 Å². The molecule has 2 aromatic carbocycles. The van der Waals surface area contributed by atoms with Crippen LogP contribution >= 0.6 is 0 Å². The fourth-order valence-electron chi connectivity index (χ4n) is 2.42. The topological polar surface area (TPSA) is 69.2 Å². The molecule has 0 bridgehead atoms. The van der Waals surface area contributed by atoms with Gasteiger partial charge in [-0.15, -0.1) is 0 Å². The maximum Gasteiger partial charge on any atom is 0.116 e. The second-order valence-electron chi connectivity index (χ2n) is 5.15. The lowest BCUT2D eigenvalue weighted by atomic mass is 10.1. The summed E-state index contributed by atoms with van der Waals surface area (Å²) in [7, 11) is 0. The van der Waals surface area contributed by atoms with Crippen LogP contribution < -0.4 is 0 Å². The van der Waals surface area contributed by atoms with Crippen molar-refractivity contribution >= 4 is 5.76 Å². The lowest BCUT2D eigenvalue weighted by molar-refractivity contribution is 0.475. The molecule has 4 nitrogen and oxygen atoms in total. The minimum atomic E-state index is 0.0159. The van der Waals surface area contributed by atoms with Crippen molar-refractivity contribution in [3.05, 3.63) is 78.6 Å². The van der Waals surface area contributed by atoms with E-state index in [4.69, 9.17) is 0 Å². The third-order valence-electron chi connectivity index (χ3n) is 3.60. The Balaban J connectivity index is 2.05. The lowest BCUT2D eigenvalue weighted by Gasteiger charge is -2.04. The molecule has 0 saturated heterocycles. The summed E-state index contributed by atoms with van der Waals surface area (Å²) in [5.41, 5.74) is 3.55. The number of hydrogen-bond donors (Lipinski definition) is 2. The highest BCUT2D eigenvalue weighted by atomic mass is 16.3. The second-order valence-corrected chi connectivity index (χ2v) is 5.15. The van der Waals surface area contributed by atoms with Gasteiger partial charge >= 0.3 is 0 Å². The van der Waals surface area contributed by atoms with Gasteiger partial charge in [0.15, 0.2) is 0 Å². The molecule has 0 amide bonds. The first kappa shape index (κ1) is 14.5. The Morgan fingerprint density at radius 1 is 1.09 bits per heavy atom. The maximum atomic E-state index is 9.62. The molecular formula is C19H14N2O2. The van der Waals surface area contributed by atoms with Crippen LogP contribution in [0.2, 0.25) is 0 Å². The van der Waals surface area contributed by atoms with Gasteiger partial charge in [0.05, 0.1) is 5.56 Å². The molecule has 1 aromatic heterocycles. The molecule has 0 radical (unpaired) electrons. The molecule has 0 aliphatic rings. The first-order valence-corrected chi connectivity index (χ1v) is 6.98. The number of nitrogens with zero attached hydrogens (tertiary/aromatic N) is 2. The Morgan fingerprint density at radius 2 is 1.83 bits per heavy atom. The van der Waals surface area contributed by atoms with Gasteiger partial charge in [0.2, 0.25) is 0 Å². The summed E-state index contributed by atoms with van der Waals surface area (Å²) in [6.45, 7) is 3.49. The first-order chi connectivity index (χ1) is 11.1. The van der Waals surface area contributed by atoms with Gasteiger partial charge in [0.25, 0.3) is 0 Å². The van der Waals surface area contributed by atoms with E-state index in [0.29, 0.717) is 11.1 Å². The Labute approximate surface area is 133 Å². The van der Waals surface area contributed by atoms with E-state index >= 15 is 0 Å². The van der Waals surface area contributed by atoms with E-state index in [0.717, 1.165) is 16.8 Å². The molecule has 0 spiro atoms. The highest BCUT2D eigenvalue weighted by molar-refractivity contribution is 5.72. The number of hydrogen-bond acceptors (Lipinski definition) is 3. The van der Waals surface area contributed by atoms with Crippen molar-refractivity contribution in [2.75, 3.05) is 0 Å². The summed E-state index contributed by atoms with van der Waals surface area (Å²) in [5, 5.41) is 28.4. The predicted molar refractivity (Wildman–Crippen MR) is 89.2 cm³/mol. The van der Waals surface area contributed by atoms with Crippen molar-refractivity contribution in [3.63, 3.8) is 0 Å². The highest BCUT2D eigenvalue weighted by Gasteiger charge is 2.10. The van der Waals surface area contributed by atoms with Crippen LogP contribution in [0.15, 0.2) is 67.5 Å².